The maximum absolute atomic E-state index is 12.3. The number of hydrogen-bond acceptors (Lipinski definition) is 4. The van der Waals surface area contributed by atoms with Crippen molar-refractivity contribution in [3.8, 4) is 0 Å². The molecule has 0 aliphatic heterocycles. The predicted molar refractivity (Wildman–Crippen MR) is 83.2 cm³/mol. The van der Waals surface area contributed by atoms with Gasteiger partial charge in [0.1, 0.15) is 0 Å². The van der Waals surface area contributed by atoms with Crippen LogP contribution in [0.2, 0.25) is 0 Å². The Morgan fingerprint density at radius 2 is 2.05 bits per heavy atom. The van der Waals surface area contributed by atoms with Crippen molar-refractivity contribution in [2.75, 3.05) is 26.7 Å². The summed E-state index contributed by atoms with van der Waals surface area (Å²) in [7, 11) is -1.63. The van der Waals surface area contributed by atoms with Gasteiger partial charge in [0.05, 0.1) is 11.5 Å². The number of likely N-dealkylation sites (N-methyl/N-ethyl adjacent to an activating group) is 1. The molecular weight excluding hydrogens is 344 g/mol. The Labute approximate surface area is 129 Å². The molecule has 0 saturated heterocycles. The van der Waals surface area contributed by atoms with Gasteiger partial charge in [0.15, 0.2) is 0 Å². The van der Waals surface area contributed by atoms with E-state index in [2.05, 4.69) is 20.7 Å². The Bertz CT molecular complexity index is 561. The highest BCUT2D eigenvalue weighted by Crippen LogP contribution is 2.25. The van der Waals surface area contributed by atoms with E-state index >= 15 is 0 Å². The second kappa shape index (κ2) is 7.51. The molecule has 0 heterocycles. The van der Waals surface area contributed by atoms with Crippen LogP contribution in [0.4, 0.5) is 0 Å². The molecule has 20 heavy (non-hydrogen) atoms. The van der Waals surface area contributed by atoms with Crippen LogP contribution >= 0.6 is 15.9 Å². The Hall–Kier alpha value is -0.470. The molecule has 7 heteroatoms. The van der Waals surface area contributed by atoms with E-state index in [0.29, 0.717) is 28.7 Å². The summed E-state index contributed by atoms with van der Waals surface area (Å²) in [5, 5.41) is 9.18. The van der Waals surface area contributed by atoms with Crippen LogP contribution in [0.25, 0.3) is 0 Å². The zero-order chi connectivity index (χ0) is 15.3. The Morgan fingerprint density at radius 3 is 2.60 bits per heavy atom. The van der Waals surface area contributed by atoms with Crippen molar-refractivity contribution in [3.63, 3.8) is 0 Å². The lowest BCUT2D eigenvalue weighted by Crippen LogP contribution is -2.33. The molecule has 114 valence electrons. The Kier molecular flexibility index (Phi) is 6.60. The van der Waals surface area contributed by atoms with Crippen LogP contribution in [0, 0.1) is 6.92 Å². The first kappa shape index (κ1) is 17.6. The minimum absolute atomic E-state index is 0.194. The van der Waals surface area contributed by atoms with E-state index in [0.717, 1.165) is 6.54 Å². The third-order valence-corrected chi connectivity index (χ3v) is 5.56. The molecule has 0 bridgehead atoms. The average molecular weight is 365 g/mol. The van der Waals surface area contributed by atoms with Gasteiger partial charge in [-0.1, -0.05) is 22.9 Å². The molecule has 0 fully saturated rings. The number of aliphatic hydroxyl groups is 1. The number of nitrogens with one attached hydrogen (secondary N) is 1. The van der Waals surface area contributed by atoms with Crippen molar-refractivity contribution in [2.45, 2.75) is 25.3 Å². The first-order valence-electron chi connectivity index (χ1n) is 6.40. The number of rotatable bonds is 7. The summed E-state index contributed by atoms with van der Waals surface area (Å²) in [6, 6.07) is 3.23. The fourth-order valence-corrected chi connectivity index (χ4v) is 3.66. The Morgan fingerprint density at radius 1 is 1.40 bits per heavy atom. The predicted octanol–water partition coefficient (Wildman–Crippen LogP) is 1.48. The molecule has 0 unspecified atom stereocenters. The Balaban J connectivity index is 2.95. The molecule has 0 saturated carbocycles. The summed E-state index contributed by atoms with van der Waals surface area (Å²) in [6.45, 7) is 5.42. The van der Waals surface area contributed by atoms with Crippen LogP contribution in [-0.2, 0) is 16.6 Å². The van der Waals surface area contributed by atoms with E-state index in [4.69, 9.17) is 0 Å². The third kappa shape index (κ3) is 4.53. The molecule has 0 aliphatic carbocycles. The largest absolute Gasteiger partial charge is 0.392 e. The molecule has 2 N–H and O–H groups in total. The summed E-state index contributed by atoms with van der Waals surface area (Å²) >= 11 is 3.32. The van der Waals surface area contributed by atoms with Gasteiger partial charge in [-0.15, -0.1) is 0 Å². The number of aliphatic hydroxyl groups excluding tert-OH is 1. The maximum Gasteiger partial charge on any atom is 0.240 e. The van der Waals surface area contributed by atoms with E-state index in [1.54, 1.807) is 13.0 Å². The smallest absolute Gasteiger partial charge is 0.240 e. The van der Waals surface area contributed by atoms with Crippen molar-refractivity contribution < 1.29 is 13.5 Å². The van der Waals surface area contributed by atoms with Crippen molar-refractivity contribution in [3.05, 3.63) is 27.7 Å². The van der Waals surface area contributed by atoms with Crippen molar-refractivity contribution >= 4 is 26.0 Å². The van der Waals surface area contributed by atoms with Gasteiger partial charge in [-0.3, -0.25) is 0 Å². The molecular formula is C13H21BrN2O3S. The van der Waals surface area contributed by atoms with Crippen LogP contribution < -0.4 is 4.72 Å². The fourth-order valence-electron chi connectivity index (χ4n) is 1.68. The lowest BCUT2D eigenvalue weighted by molar-refractivity contribution is 0.281. The van der Waals surface area contributed by atoms with Crippen molar-refractivity contribution in [1.82, 2.24) is 9.62 Å². The fraction of sp³-hybridized carbons (Fsp3) is 0.538. The number of hydrogen-bond donors (Lipinski definition) is 2. The van der Waals surface area contributed by atoms with E-state index in [9.17, 15) is 13.5 Å². The summed E-state index contributed by atoms with van der Waals surface area (Å²) < 4.78 is 27.9. The van der Waals surface area contributed by atoms with Crippen molar-refractivity contribution in [1.29, 1.82) is 0 Å². The molecule has 0 atom stereocenters. The number of benzene rings is 1. The quantitative estimate of drug-likeness (QED) is 0.768. The normalized spacial score (nSPS) is 12.1. The van der Waals surface area contributed by atoms with Gasteiger partial charge < -0.3 is 10.0 Å². The van der Waals surface area contributed by atoms with E-state index < -0.39 is 10.0 Å². The summed E-state index contributed by atoms with van der Waals surface area (Å²) in [5.41, 5.74) is 1.20. The lowest BCUT2D eigenvalue weighted by Gasteiger charge is -2.15. The maximum atomic E-state index is 12.3. The molecule has 0 radical (unpaired) electrons. The van der Waals surface area contributed by atoms with E-state index in [1.807, 2.05) is 18.9 Å². The molecule has 5 nitrogen and oxygen atoms in total. The third-order valence-electron chi connectivity index (χ3n) is 3.15. The van der Waals surface area contributed by atoms with Crippen LogP contribution in [0.5, 0.6) is 0 Å². The highest BCUT2D eigenvalue weighted by molar-refractivity contribution is 9.10. The van der Waals surface area contributed by atoms with Gasteiger partial charge in [-0.05, 0) is 43.8 Å². The van der Waals surface area contributed by atoms with Gasteiger partial charge in [-0.2, -0.15) is 0 Å². The minimum atomic E-state index is -3.57. The van der Waals surface area contributed by atoms with Crippen LogP contribution in [0.15, 0.2) is 21.5 Å². The van der Waals surface area contributed by atoms with Crippen LogP contribution in [-0.4, -0.2) is 45.1 Å². The first-order chi connectivity index (χ1) is 9.31. The molecule has 0 spiro atoms. The average Bonchev–Trinajstić information content (AvgIpc) is 2.40. The highest BCUT2D eigenvalue weighted by atomic mass is 79.9. The number of halogens is 1. The van der Waals surface area contributed by atoms with E-state index in [-0.39, 0.29) is 11.5 Å². The molecule has 1 aromatic rings. The monoisotopic (exact) mass is 364 g/mol. The summed E-state index contributed by atoms with van der Waals surface area (Å²) in [6.07, 6.45) is 0. The van der Waals surface area contributed by atoms with Crippen LogP contribution in [0.3, 0.4) is 0 Å². The summed E-state index contributed by atoms with van der Waals surface area (Å²) in [5.74, 6) is 0. The zero-order valence-corrected chi connectivity index (χ0v) is 14.4. The standard InChI is InChI=1S/C13H21BrN2O3S/c1-4-16(3)6-5-15-20(18,19)13-8-11(9-17)7-12(14)10(13)2/h7-8,15,17H,4-6,9H2,1-3H3. The molecule has 0 aromatic heterocycles. The molecule has 1 aromatic carbocycles. The SMILES string of the molecule is CCN(C)CCNS(=O)(=O)c1cc(CO)cc(Br)c1C. The summed E-state index contributed by atoms with van der Waals surface area (Å²) in [4.78, 5) is 2.23. The van der Waals surface area contributed by atoms with E-state index in [1.165, 1.54) is 6.07 Å². The topological polar surface area (TPSA) is 69.6 Å². The lowest BCUT2D eigenvalue weighted by atomic mass is 10.2. The number of nitrogens with zero attached hydrogens (tertiary/aromatic N) is 1. The van der Waals surface area contributed by atoms with Crippen molar-refractivity contribution in [2.24, 2.45) is 0 Å². The second-order valence-corrected chi connectivity index (χ2v) is 7.24. The molecule has 1 rings (SSSR count). The second-order valence-electron chi connectivity index (χ2n) is 4.65. The first-order valence-corrected chi connectivity index (χ1v) is 8.67. The van der Waals surface area contributed by atoms with Gasteiger partial charge >= 0.3 is 0 Å². The molecule has 0 aliphatic rings. The van der Waals surface area contributed by atoms with Gasteiger partial charge in [0, 0.05) is 17.6 Å². The van der Waals surface area contributed by atoms with Gasteiger partial charge in [0.25, 0.3) is 0 Å². The van der Waals surface area contributed by atoms with Crippen LogP contribution in [0.1, 0.15) is 18.1 Å². The number of sulfonamides is 1. The van der Waals surface area contributed by atoms with Gasteiger partial charge in [0.2, 0.25) is 10.0 Å². The highest BCUT2D eigenvalue weighted by Gasteiger charge is 2.19. The molecule has 0 amide bonds. The zero-order valence-electron chi connectivity index (χ0n) is 12.0. The van der Waals surface area contributed by atoms with Gasteiger partial charge in [-0.25, -0.2) is 13.1 Å². The minimum Gasteiger partial charge on any atom is -0.392 e.